The van der Waals surface area contributed by atoms with Crippen LogP contribution in [0.1, 0.15) is 38.5 Å². The van der Waals surface area contributed by atoms with Crippen LogP contribution in [0.25, 0.3) is 0 Å². The molecule has 110 valence electrons. The molecule has 4 aliphatic rings. The summed E-state index contributed by atoms with van der Waals surface area (Å²) < 4.78 is 5.98. The Bertz CT molecular complexity index is 433. The normalized spacial score (nSPS) is 38.5. The highest BCUT2D eigenvalue weighted by Crippen LogP contribution is 2.62. The predicted octanol–water partition coefficient (Wildman–Crippen LogP) is 1.83. The third-order valence-corrected chi connectivity index (χ3v) is 5.90. The van der Waals surface area contributed by atoms with E-state index >= 15 is 0 Å². The Morgan fingerprint density at radius 1 is 1.25 bits per heavy atom. The second-order valence-corrected chi connectivity index (χ2v) is 6.81. The molecule has 1 saturated heterocycles. The van der Waals surface area contributed by atoms with E-state index in [1.165, 1.54) is 25.7 Å². The lowest BCUT2D eigenvalue weighted by Gasteiger charge is -2.63. The predicted molar refractivity (Wildman–Crippen MR) is 79.7 cm³/mol. The topological polar surface area (TPSA) is 45.7 Å². The van der Waals surface area contributed by atoms with Crippen LogP contribution in [-0.4, -0.2) is 37.8 Å². The Morgan fingerprint density at radius 2 is 2.05 bits per heavy atom. The second-order valence-electron chi connectivity index (χ2n) is 6.81. The van der Waals surface area contributed by atoms with Crippen LogP contribution >= 0.6 is 0 Å². The average molecular weight is 275 g/mol. The molecule has 20 heavy (non-hydrogen) atoms. The molecule has 3 aliphatic carbocycles. The highest BCUT2D eigenvalue weighted by atomic mass is 16.5. The van der Waals surface area contributed by atoms with Gasteiger partial charge in [0.2, 0.25) is 0 Å². The van der Waals surface area contributed by atoms with Crippen molar-refractivity contribution >= 4 is 5.96 Å². The van der Waals surface area contributed by atoms with Crippen molar-refractivity contribution in [3.8, 4) is 0 Å². The summed E-state index contributed by atoms with van der Waals surface area (Å²) in [5.74, 6) is 1.69. The fourth-order valence-electron chi connectivity index (χ4n) is 4.70. The van der Waals surface area contributed by atoms with Gasteiger partial charge in [0.05, 0.1) is 6.10 Å². The molecule has 0 aromatic heterocycles. The van der Waals surface area contributed by atoms with Crippen molar-refractivity contribution in [1.29, 1.82) is 0 Å². The quantitative estimate of drug-likeness (QED) is 0.459. The van der Waals surface area contributed by atoms with Crippen LogP contribution in [-0.2, 0) is 4.74 Å². The van der Waals surface area contributed by atoms with Crippen molar-refractivity contribution in [3.63, 3.8) is 0 Å². The third kappa shape index (κ3) is 1.73. The maximum atomic E-state index is 5.98. The summed E-state index contributed by atoms with van der Waals surface area (Å²) in [6.07, 6.45) is 12.5. The van der Waals surface area contributed by atoms with E-state index in [1.807, 2.05) is 7.05 Å². The molecule has 4 heteroatoms. The Balaban J connectivity index is 1.42. The van der Waals surface area contributed by atoms with Gasteiger partial charge in [0, 0.05) is 37.1 Å². The zero-order chi connectivity index (χ0) is 13.6. The van der Waals surface area contributed by atoms with Gasteiger partial charge in [0.25, 0.3) is 0 Å². The van der Waals surface area contributed by atoms with Crippen molar-refractivity contribution in [2.75, 3.05) is 13.7 Å². The number of hydrogen-bond donors (Lipinski definition) is 2. The summed E-state index contributed by atoms with van der Waals surface area (Å²) in [5.41, 5.74) is 0.423. The molecular weight excluding hydrogens is 250 g/mol. The molecule has 0 aromatic rings. The van der Waals surface area contributed by atoms with E-state index in [-0.39, 0.29) is 0 Å². The number of ether oxygens (including phenoxy) is 1. The van der Waals surface area contributed by atoms with Gasteiger partial charge in [-0.25, -0.2) is 0 Å². The zero-order valence-corrected chi connectivity index (χ0v) is 12.3. The highest BCUT2D eigenvalue weighted by Gasteiger charge is 2.66. The molecule has 2 saturated carbocycles. The van der Waals surface area contributed by atoms with Gasteiger partial charge in [-0.05, 0) is 32.1 Å². The number of fused-ring (bicyclic) bond motifs is 2. The van der Waals surface area contributed by atoms with Crippen LogP contribution in [0.2, 0.25) is 0 Å². The van der Waals surface area contributed by atoms with Gasteiger partial charge < -0.3 is 15.4 Å². The second kappa shape index (κ2) is 4.76. The SMILES string of the molecule is CN=C(NC1CC=CC1)NC1C2CCOC2C12CCC2. The summed E-state index contributed by atoms with van der Waals surface area (Å²) in [4.78, 5) is 4.44. The van der Waals surface area contributed by atoms with Crippen LogP contribution < -0.4 is 10.6 Å². The molecule has 0 aromatic carbocycles. The number of aliphatic imine (C=N–C) groups is 1. The number of nitrogens with one attached hydrogen (secondary N) is 2. The molecule has 4 nitrogen and oxygen atoms in total. The minimum absolute atomic E-state index is 0.423. The van der Waals surface area contributed by atoms with Gasteiger partial charge in [-0.1, -0.05) is 18.6 Å². The first-order valence-electron chi connectivity index (χ1n) is 8.10. The van der Waals surface area contributed by atoms with Crippen LogP contribution in [0.4, 0.5) is 0 Å². The Kier molecular flexibility index (Phi) is 3.02. The molecule has 2 N–H and O–H groups in total. The first-order valence-corrected chi connectivity index (χ1v) is 8.10. The van der Waals surface area contributed by atoms with E-state index in [1.54, 1.807) is 0 Å². The molecule has 0 amide bonds. The monoisotopic (exact) mass is 275 g/mol. The van der Waals surface area contributed by atoms with E-state index in [9.17, 15) is 0 Å². The minimum atomic E-state index is 0.423. The number of guanidine groups is 1. The van der Waals surface area contributed by atoms with Crippen molar-refractivity contribution < 1.29 is 4.74 Å². The van der Waals surface area contributed by atoms with Crippen molar-refractivity contribution in [2.45, 2.75) is 56.7 Å². The third-order valence-electron chi connectivity index (χ3n) is 5.90. The van der Waals surface area contributed by atoms with Crippen LogP contribution in [0.15, 0.2) is 17.1 Å². The van der Waals surface area contributed by atoms with E-state index in [0.717, 1.165) is 25.4 Å². The van der Waals surface area contributed by atoms with E-state index < -0.39 is 0 Å². The van der Waals surface area contributed by atoms with Crippen LogP contribution in [0, 0.1) is 11.3 Å². The van der Waals surface area contributed by atoms with Crippen molar-refractivity contribution in [2.24, 2.45) is 16.3 Å². The highest BCUT2D eigenvalue weighted by molar-refractivity contribution is 5.80. The van der Waals surface area contributed by atoms with Gasteiger partial charge in [0.15, 0.2) is 5.96 Å². The van der Waals surface area contributed by atoms with Gasteiger partial charge in [-0.15, -0.1) is 0 Å². The van der Waals surface area contributed by atoms with E-state index in [2.05, 4.69) is 27.8 Å². The summed E-state index contributed by atoms with van der Waals surface area (Å²) in [6.45, 7) is 0.952. The van der Waals surface area contributed by atoms with Gasteiger partial charge in [0.1, 0.15) is 0 Å². The Morgan fingerprint density at radius 3 is 2.70 bits per heavy atom. The molecular formula is C16H25N3O. The molecule has 0 radical (unpaired) electrons. The standard InChI is InChI=1S/C16H25N3O/c1-17-15(18-11-5-2-3-6-11)19-13-12-7-10-20-14(12)16(13)8-4-9-16/h2-3,11-14H,4-10H2,1H3,(H2,17,18,19). The number of nitrogens with zero attached hydrogens (tertiary/aromatic N) is 1. The van der Waals surface area contributed by atoms with Crippen molar-refractivity contribution in [3.05, 3.63) is 12.2 Å². The molecule has 3 fully saturated rings. The maximum Gasteiger partial charge on any atom is 0.191 e. The average Bonchev–Trinajstić information content (AvgIpc) is 3.03. The summed E-state index contributed by atoms with van der Waals surface area (Å²) in [6, 6.07) is 1.10. The minimum Gasteiger partial charge on any atom is -0.377 e. The smallest absolute Gasteiger partial charge is 0.191 e. The summed E-state index contributed by atoms with van der Waals surface area (Å²) in [7, 11) is 1.88. The molecule has 1 heterocycles. The first-order chi connectivity index (χ1) is 9.83. The first kappa shape index (κ1) is 12.7. The van der Waals surface area contributed by atoms with Crippen LogP contribution in [0.3, 0.4) is 0 Å². The lowest BCUT2D eigenvalue weighted by molar-refractivity contribution is -0.171. The van der Waals surface area contributed by atoms with E-state index in [4.69, 9.17) is 4.74 Å². The fourth-order valence-corrected chi connectivity index (χ4v) is 4.70. The molecule has 1 aliphatic heterocycles. The Hall–Kier alpha value is -1.03. The molecule has 3 unspecified atom stereocenters. The van der Waals surface area contributed by atoms with Gasteiger partial charge in [-0.3, -0.25) is 4.99 Å². The lowest BCUT2D eigenvalue weighted by Crippen LogP contribution is -2.72. The maximum absolute atomic E-state index is 5.98. The van der Waals surface area contributed by atoms with Crippen molar-refractivity contribution in [1.82, 2.24) is 10.6 Å². The summed E-state index contributed by atoms with van der Waals surface area (Å²) in [5, 5.41) is 7.29. The zero-order valence-electron chi connectivity index (χ0n) is 12.3. The van der Waals surface area contributed by atoms with Gasteiger partial charge in [-0.2, -0.15) is 0 Å². The molecule has 1 spiro atoms. The molecule has 4 rings (SSSR count). The van der Waals surface area contributed by atoms with Gasteiger partial charge >= 0.3 is 0 Å². The Labute approximate surface area is 121 Å². The fraction of sp³-hybridized carbons (Fsp3) is 0.812. The number of rotatable bonds is 2. The lowest BCUT2D eigenvalue weighted by atomic mass is 9.46. The molecule has 0 bridgehead atoms. The van der Waals surface area contributed by atoms with Crippen LogP contribution in [0.5, 0.6) is 0 Å². The molecule has 3 atom stereocenters. The summed E-state index contributed by atoms with van der Waals surface area (Å²) >= 11 is 0. The van der Waals surface area contributed by atoms with E-state index in [0.29, 0.717) is 29.5 Å². The number of hydrogen-bond acceptors (Lipinski definition) is 2. The largest absolute Gasteiger partial charge is 0.377 e.